The second-order valence-corrected chi connectivity index (χ2v) is 10.1. The summed E-state index contributed by atoms with van der Waals surface area (Å²) in [5.74, 6) is -0.612. The van der Waals surface area contributed by atoms with Crippen molar-refractivity contribution in [2.45, 2.75) is 51.8 Å². The largest absolute Gasteiger partial charge is 0.447 e. The molecule has 0 bridgehead atoms. The molecule has 0 radical (unpaired) electrons. The summed E-state index contributed by atoms with van der Waals surface area (Å²) in [6, 6.07) is 8.93. The Hall–Kier alpha value is -4.19. The molecule has 12 nitrogen and oxygen atoms in total. The summed E-state index contributed by atoms with van der Waals surface area (Å²) < 4.78 is 17.5. The third-order valence-electron chi connectivity index (χ3n) is 5.96. The van der Waals surface area contributed by atoms with Gasteiger partial charge in [-0.05, 0) is 57.0 Å². The highest BCUT2D eigenvalue weighted by atomic mass is 16.6. The number of fused-ring (bicyclic) bond motifs is 3. The molecule has 1 aliphatic rings. The standard InChI is InChI=1S/C27H33N5O7/c1-27(2,3)39-26(36)29-11-12-37-13-14-38-25(35)30-16-17-6-7-20-19(15-17)18-5-4-10-28-23(18)32(20)21-8-9-22(33)31-24(21)34/h4-7,10,15,21H,8-9,11-14,16H2,1-3H3,(H,29,36)(H,30,35)(H,31,33,34). The smallest absolute Gasteiger partial charge is 0.407 e. The lowest BCUT2D eigenvalue weighted by Gasteiger charge is -2.23. The molecule has 1 unspecified atom stereocenters. The summed E-state index contributed by atoms with van der Waals surface area (Å²) in [6.45, 7) is 6.36. The van der Waals surface area contributed by atoms with E-state index in [1.165, 1.54) is 0 Å². The van der Waals surface area contributed by atoms with Crippen molar-refractivity contribution in [1.82, 2.24) is 25.5 Å². The number of ether oxygens (including phenoxy) is 3. The van der Waals surface area contributed by atoms with Gasteiger partial charge in [0.25, 0.3) is 0 Å². The Morgan fingerprint density at radius 1 is 1.08 bits per heavy atom. The number of carbonyl (C=O) groups is 4. The normalized spacial score (nSPS) is 15.7. The molecule has 0 aliphatic carbocycles. The molecule has 3 aromatic rings. The number of rotatable bonds is 9. The van der Waals surface area contributed by atoms with Crippen molar-refractivity contribution < 1.29 is 33.4 Å². The highest BCUT2D eigenvalue weighted by Gasteiger charge is 2.30. The first-order valence-electron chi connectivity index (χ1n) is 12.8. The Morgan fingerprint density at radius 3 is 2.67 bits per heavy atom. The predicted octanol–water partition coefficient (Wildman–Crippen LogP) is 2.93. The number of hydrogen-bond acceptors (Lipinski definition) is 8. The van der Waals surface area contributed by atoms with Crippen LogP contribution in [0.1, 0.15) is 45.2 Å². The van der Waals surface area contributed by atoms with Crippen LogP contribution >= 0.6 is 0 Å². The Kier molecular flexibility index (Phi) is 8.65. The van der Waals surface area contributed by atoms with E-state index in [9.17, 15) is 19.2 Å². The van der Waals surface area contributed by atoms with Gasteiger partial charge in [0, 0.05) is 36.5 Å². The van der Waals surface area contributed by atoms with E-state index in [2.05, 4.69) is 20.9 Å². The van der Waals surface area contributed by atoms with Gasteiger partial charge >= 0.3 is 12.2 Å². The van der Waals surface area contributed by atoms with Crippen molar-refractivity contribution in [3.63, 3.8) is 0 Å². The second kappa shape index (κ2) is 12.1. The highest BCUT2D eigenvalue weighted by molar-refractivity contribution is 6.09. The fourth-order valence-corrected chi connectivity index (χ4v) is 4.34. The van der Waals surface area contributed by atoms with Crippen molar-refractivity contribution in [3.8, 4) is 0 Å². The van der Waals surface area contributed by atoms with Gasteiger partial charge < -0.3 is 29.4 Å². The van der Waals surface area contributed by atoms with Crippen LogP contribution in [0, 0.1) is 0 Å². The summed E-state index contributed by atoms with van der Waals surface area (Å²) in [6.07, 6.45) is 1.24. The van der Waals surface area contributed by atoms with E-state index in [0.717, 1.165) is 21.9 Å². The van der Waals surface area contributed by atoms with E-state index in [0.29, 0.717) is 12.1 Å². The van der Waals surface area contributed by atoms with Gasteiger partial charge in [-0.3, -0.25) is 14.9 Å². The fourth-order valence-electron chi connectivity index (χ4n) is 4.34. The molecule has 1 fully saturated rings. The lowest BCUT2D eigenvalue weighted by atomic mass is 10.1. The first kappa shape index (κ1) is 27.8. The number of nitrogens with one attached hydrogen (secondary N) is 3. The molecule has 39 heavy (non-hydrogen) atoms. The molecule has 4 rings (SSSR count). The Bertz CT molecular complexity index is 1380. The SMILES string of the molecule is CC(C)(C)OC(=O)NCCOCCOC(=O)NCc1ccc2c(c1)c1cccnc1n2C1CCC(=O)NC1=O. The number of hydrogen-bond donors (Lipinski definition) is 3. The molecule has 3 N–H and O–H groups in total. The quantitative estimate of drug-likeness (QED) is 0.278. The van der Waals surface area contributed by atoms with Crippen LogP contribution in [0.4, 0.5) is 9.59 Å². The number of alkyl carbamates (subject to hydrolysis) is 2. The number of pyridine rings is 1. The number of benzene rings is 1. The summed E-state index contributed by atoms with van der Waals surface area (Å²) >= 11 is 0. The first-order chi connectivity index (χ1) is 18.6. The average Bonchev–Trinajstić information content (AvgIpc) is 3.19. The molecule has 208 valence electrons. The van der Waals surface area contributed by atoms with Crippen LogP contribution in [0.25, 0.3) is 21.9 Å². The second-order valence-electron chi connectivity index (χ2n) is 10.1. The molecule has 3 heterocycles. The maximum atomic E-state index is 12.6. The number of imide groups is 1. The van der Waals surface area contributed by atoms with Crippen LogP contribution in [0.15, 0.2) is 36.5 Å². The van der Waals surface area contributed by atoms with Crippen LogP contribution in [-0.2, 0) is 30.3 Å². The number of nitrogens with zero attached hydrogens (tertiary/aromatic N) is 2. The summed E-state index contributed by atoms with van der Waals surface area (Å²) in [4.78, 5) is 52.4. The van der Waals surface area contributed by atoms with Gasteiger partial charge in [0.1, 0.15) is 23.9 Å². The lowest BCUT2D eigenvalue weighted by Crippen LogP contribution is -2.41. The zero-order valence-corrected chi connectivity index (χ0v) is 22.2. The summed E-state index contributed by atoms with van der Waals surface area (Å²) in [5, 5.41) is 9.48. The van der Waals surface area contributed by atoms with Crippen molar-refractivity contribution in [2.75, 3.05) is 26.4 Å². The molecule has 4 amide bonds. The minimum Gasteiger partial charge on any atom is -0.447 e. The third kappa shape index (κ3) is 7.23. The summed E-state index contributed by atoms with van der Waals surface area (Å²) in [5.41, 5.74) is 1.76. The zero-order chi connectivity index (χ0) is 28.0. The van der Waals surface area contributed by atoms with Gasteiger partial charge in [-0.25, -0.2) is 14.6 Å². The predicted molar refractivity (Wildman–Crippen MR) is 142 cm³/mol. The van der Waals surface area contributed by atoms with Crippen molar-refractivity contribution >= 4 is 45.9 Å². The van der Waals surface area contributed by atoms with Crippen molar-refractivity contribution in [1.29, 1.82) is 0 Å². The Balaban J connectivity index is 1.28. The van der Waals surface area contributed by atoms with Crippen molar-refractivity contribution in [3.05, 3.63) is 42.1 Å². The van der Waals surface area contributed by atoms with E-state index < -0.39 is 23.8 Å². The topological polar surface area (TPSA) is 150 Å². The third-order valence-corrected chi connectivity index (χ3v) is 5.96. The van der Waals surface area contributed by atoms with Crippen LogP contribution in [0.5, 0.6) is 0 Å². The molecule has 1 atom stereocenters. The molecule has 0 saturated carbocycles. The van der Waals surface area contributed by atoms with Crippen LogP contribution in [0.3, 0.4) is 0 Å². The minimum absolute atomic E-state index is 0.0580. The molecule has 1 saturated heterocycles. The Labute approximate surface area is 225 Å². The number of piperidine rings is 1. The van der Waals surface area contributed by atoms with Gasteiger partial charge in [-0.15, -0.1) is 0 Å². The van der Waals surface area contributed by atoms with Gasteiger partial charge in [0.2, 0.25) is 11.8 Å². The van der Waals surface area contributed by atoms with Gasteiger partial charge in [0.05, 0.1) is 18.7 Å². The number of carbonyl (C=O) groups excluding carboxylic acids is 4. The van der Waals surface area contributed by atoms with Crippen LogP contribution in [-0.4, -0.2) is 65.5 Å². The molecule has 12 heteroatoms. The van der Waals surface area contributed by atoms with E-state index in [1.807, 2.05) is 34.9 Å². The van der Waals surface area contributed by atoms with E-state index >= 15 is 0 Å². The Morgan fingerprint density at radius 2 is 1.90 bits per heavy atom. The van der Waals surface area contributed by atoms with Gasteiger partial charge in [-0.2, -0.15) is 0 Å². The van der Waals surface area contributed by atoms with Crippen molar-refractivity contribution in [2.24, 2.45) is 0 Å². The molecule has 0 spiro atoms. The molecule has 1 aromatic carbocycles. The molecular weight excluding hydrogens is 506 g/mol. The van der Waals surface area contributed by atoms with Gasteiger partial charge in [-0.1, -0.05) is 6.07 Å². The molecule has 2 aromatic heterocycles. The van der Waals surface area contributed by atoms with E-state index in [1.54, 1.807) is 27.0 Å². The maximum Gasteiger partial charge on any atom is 0.407 e. The van der Waals surface area contributed by atoms with Crippen LogP contribution < -0.4 is 16.0 Å². The lowest BCUT2D eigenvalue weighted by molar-refractivity contribution is -0.135. The zero-order valence-electron chi connectivity index (χ0n) is 22.2. The van der Waals surface area contributed by atoms with Crippen LogP contribution in [0.2, 0.25) is 0 Å². The van der Waals surface area contributed by atoms with E-state index in [-0.39, 0.29) is 51.1 Å². The molecular formula is C27H33N5O7. The van der Waals surface area contributed by atoms with E-state index in [4.69, 9.17) is 14.2 Å². The average molecular weight is 540 g/mol. The minimum atomic E-state index is -0.585. The number of aromatic nitrogens is 2. The van der Waals surface area contributed by atoms with Gasteiger partial charge in [0.15, 0.2) is 0 Å². The first-order valence-corrected chi connectivity index (χ1v) is 12.8. The molecule has 1 aliphatic heterocycles. The summed E-state index contributed by atoms with van der Waals surface area (Å²) in [7, 11) is 0. The fraction of sp³-hybridized carbons (Fsp3) is 0.444. The monoisotopic (exact) mass is 539 g/mol. The highest BCUT2D eigenvalue weighted by Crippen LogP contribution is 2.33. The number of amides is 4. The maximum absolute atomic E-state index is 12.6.